The largest absolute Gasteiger partial charge is 0.479 e. The van der Waals surface area contributed by atoms with Crippen molar-refractivity contribution in [3.05, 3.63) is 71.4 Å². The van der Waals surface area contributed by atoms with Crippen molar-refractivity contribution in [2.75, 3.05) is 18.5 Å². The summed E-state index contributed by atoms with van der Waals surface area (Å²) in [4.78, 5) is 36.8. The van der Waals surface area contributed by atoms with Gasteiger partial charge in [-0.05, 0) is 28.7 Å². The number of carboxylic acid groups (broad SMARTS) is 1. The van der Waals surface area contributed by atoms with Crippen LogP contribution in [0.5, 0.6) is 0 Å². The molecule has 3 aromatic rings. The summed E-state index contributed by atoms with van der Waals surface area (Å²) in [5.41, 5.74) is 4.52. The van der Waals surface area contributed by atoms with Gasteiger partial charge in [0.1, 0.15) is 18.0 Å². The van der Waals surface area contributed by atoms with E-state index < -0.39 is 30.1 Å². The van der Waals surface area contributed by atoms with Gasteiger partial charge in [0.25, 0.3) is 5.91 Å². The van der Waals surface area contributed by atoms with E-state index in [-0.39, 0.29) is 30.5 Å². The molecular formula is C25H24N4O6. The van der Waals surface area contributed by atoms with Gasteiger partial charge in [-0.2, -0.15) is 5.10 Å². The van der Waals surface area contributed by atoms with E-state index in [4.69, 9.17) is 9.47 Å². The first kappa shape index (κ1) is 22.6. The van der Waals surface area contributed by atoms with Gasteiger partial charge in [0.15, 0.2) is 6.10 Å². The number of benzene rings is 2. The summed E-state index contributed by atoms with van der Waals surface area (Å²) in [5, 5.41) is 18.6. The van der Waals surface area contributed by atoms with Gasteiger partial charge in [-0.3, -0.25) is 14.8 Å². The van der Waals surface area contributed by atoms with Crippen molar-refractivity contribution in [2.45, 2.75) is 24.5 Å². The van der Waals surface area contributed by atoms with Crippen molar-refractivity contribution >= 4 is 23.8 Å². The molecule has 0 unspecified atom stereocenters. The summed E-state index contributed by atoms with van der Waals surface area (Å²) in [7, 11) is 1.58. The summed E-state index contributed by atoms with van der Waals surface area (Å²) in [6.07, 6.45) is -0.163. The summed E-state index contributed by atoms with van der Waals surface area (Å²) in [6.45, 7) is 0.360. The van der Waals surface area contributed by atoms with Crippen molar-refractivity contribution in [3.8, 4) is 11.1 Å². The standard InChI is InChI=1S/C25H24N4O6/c1-29-22(18(12-26-29)23(30)27-20-10-11-34-21(20)24(31)32)28-25(33)35-13-19-16-8-4-2-6-14(16)15-7-3-5-9-17(15)19/h2-9,12,19-21H,10-11,13H2,1H3,(H,27,30)(H,28,33)(H,31,32)/t20-,21+/m0/s1. The van der Waals surface area contributed by atoms with E-state index in [1.54, 1.807) is 7.05 Å². The number of amides is 2. The molecule has 0 saturated carbocycles. The Bertz CT molecular complexity index is 1260. The van der Waals surface area contributed by atoms with Gasteiger partial charge in [-0.25, -0.2) is 9.59 Å². The lowest BCUT2D eigenvalue weighted by molar-refractivity contribution is -0.148. The molecule has 2 aliphatic rings. The van der Waals surface area contributed by atoms with Gasteiger partial charge < -0.3 is 19.9 Å². The number of aliphatic carboxylic acids is 1. The Morgan fingerprint density at radius 3 is 2.43 bits per heavy atom. The molecule has 0 spiro atoms. The Morgan fingerprint density at radius 1 is 1.11 bits per heavy atom. The predicted molar refractivity (Wildman–Crippen MR) is 125 cm³/mol. The van der Waals surface area contributed by atoms with Gasteiger partial charge in [-0.1, -0.05) is 48.5 Å². The third-order valence-electron chi connectivity index (χ3n) is 6.40. The van der Waals surface area contributed by atoms with E-state index in [2.05, 4.69) is 27.9 Å². The second kappa shape index (κ2) is 9.22. The molecule has 1 aromatic heterocycles. The van der Waals surface area contributed by atoms with Crippen LogP contribution in [0.1, 0.15) is 33.8 Å². The number of carboxylic acids is 1. The molecule has 35 heavy (non-hydrogen) atoms. The highest BCUT2D eigenvalue weighted by Gasteiger charge is 2.36. The highest BCUT2D eigenvalue weighted by molar-refractivity contribution is 6.02. The average molecular weight is 476 g/mol. The SMILES string of the molecule is Cn1ncc(C(=O)N[C@H]2CCO[C@H]2C(=O)O)c1NC(=O)OCC1c2ccccc2-c2ccccc21. The van der Waals surface area contributed by atoms with E-state index in [0.717, 1.165) is 22.3 Å². The average Bonchev–Trinajstić information content (AvgIpc) is 3.54. The lowest BCUT2D eigenvalue weighted by Gasteiger charge is -2.17. The zero-order valence-electron chi connectivity index (χ0n) is 18.9. The number of hydrogen-bond acceptors (Lipinski definition) is 6. The lowest BCUT2D eigenvalue weighted by atomic mass is 9.98. The van der Waals surface area contributed by atoms with Crippen LogP contribution in [-0.2, 0) is 21.3 Å². The normalized spacial score (nSPS) is 18.5. The molecule has 3 N–H and O–H groups in total. The smallest absolute Gasteiger partial charge is 0.412 e. The third kappa shape index (κ3) is 4.24. The molecule has 0 radical (unpaired) electrons. The minimum atomic E-state index is -1.14. The van der Waals surface area contributed by atoms with E-state index in [0.29, 0.717) is 6.42 Å². The number of carbonyl (C=O) groups excluding carboxylic acids is 2. The van der Waals surface area contributed by atoms with E-state index in [1.807, 2.05) is 36.4 Å². The Labute approximate surface area is 200 Å². The maximum Gasteiger partial charge on any atom is 0.412 e. The second-order valence-corrected chi connectivity index (χ2v) is 8.48. The number of nitrogens with zero attached hydrogens (tertiary/aromatic N) is 2. The van der Waals surface area contributed by atoms with Crippen molar-refractivity contribution in [1.82, 2.24) is 15.1 Å². The van der Waals surface area contributed by atoms with Crippen molar-refractivity contribution in [2.24, 2.45) is 7.05 Å². The van der Waals surface area contributed by atoms with Gasteiger partial charge in [0.05, 0.1) is 12.2 Å². The van der Waals surface area contributed by atoms with Crippen LogP contribution in [0.15, 0.2) is 54.7 Å². The number of aryl methyl sites for hydroxylation is 1. The summed E-state index contributed by atoms with van der Waals surface area (Å²) in [6, 6.07) is 15.4. The van der Waals surface area contributed by atoms with Crippen LogP contribution in [0.3, 0.4) is 0 Å². The Morgan fingerprint density at radius 2 is 1.77 bits per heavy atom. The fourth-order valence-corrected chi connectivity index (χ4v) is 4.71. The maximum atomic E-state index is 12.8. The fourth-order valence-electron chi connectivity index (χ4n) is 4.71. The van der Waals surface area contributed by atoms with Gasteiger partial charge in [-0.15, -0.1) is 0 Å². The summed E-state index contributed by atoms with van der Waals surface area (Å²) < 4.78 is 12.1. The van der Waals surface area contributed by atoms with Gasteiger partial charge in [0, 0.05) is 19.6 Å². The zero-order chi connectivity index (χ0) is 24.5. The second-order valence-electron chi connectivity index (χ2n) is 8.48. The fraction of sp³-hybridized carbons (Fsp3) is 0.280. The van der Waals surface area contributed by atoms with Crippen molar-refractivity contribution in [3.63, 3.8) is 0 Å². The molecule has 2 amide bonds. The molecule has 180 valence electrons. The number of carbonyl (C=O) groups is 3. The molecule has 1 fully saturated rings. The molecule has 5 rings (SSSR count). The number of fused-ring (bicyclic) bond motifs is 3. The number of nitrogens with one attached hydrogen (secondary N) is 2. The highest BCUT2D eigenvalue weighted by Crippen LogP contribution is 2.44. The summed E-state index contributed by atoms with van der Waals surface area (Å²) >= 11 is 0. The van der Waals surface area contributed by atoms with Crippen LogP contribution in [-0.4, -0.2) is 58.2 Å². The predicted octanol–water partition coefficient (Wildman–Crippen LogP) is 2.75. The molecule has 10 heteroatoms. The van der Waals surface area contributed by atoms with Crippen LogP contribution in [0.25, 0.3) is 11.1 Å². The monoisotopic (exact) mass is 476 g/mol. The van der Waals surface area contributed by atoms with Crippen LogP contribution in [0.4, 0.5) is 10.6 Å². The van der Waals surface area contributed by atoms with Crippen LogP contribution in [0, 0.1) is 0 Å². The quantitative estimate of drug-likeness (QED) is 0.498. The molecule has 2 heterocycles. The first-order valence-corrected chi connectivity index (χ1v) is 11.2. The molecule has 0 bridgehead atoms. The molecule has 10 nitrogen and oxygen atoms in total. The van der Waals surface area contributed by atoms with E-state index in [1.165, 1.54) is 10.9 Å². The molecule has 1 saturated heterocycles. The van der Waals surface area contributed by atoms with Crippen LogP contribution in [0.2, 0.25) is 0 Å². The number of ether oxygens (including phenoxy) is 2. The lowest BCUT2D eigenvalue weighted by Crippen LogP contribution is -2.44. The first-order chi connectivity index (χ1) is 16.9. The van der Waals surface area contributed by atoms with Crippen LogP contribution < -0.4 is 10.6 Å². The van der Waals surface area contributed by atoms with E-state index in [9.17, 15) is 19.5 Å². The Hall–Kier alpha value is -4.18. The molecule has 1 aliphatic heterocycles. The van der Waals surface area contributed by atoms with Crippen molar-refractivity contribution in [1.29, 1.82) is 0 Å². The molecule has 1 aliphatic carbocycles. The molecule has 2 aromatic carbocycles. The Kier molecular flexibility index (Phi) is 5.96. The molecule has 2 atom stereocenters. The van der Waals surface area contributed by atoms with Gasteiger partial charge >= 0.3 is 12.1 Å². The zero-order valence-corrected chi connectivity index (χ0v) is 18.9. The summed E-state index contributed by atoms with van der Waals surface area (Å²) in [5.74, 6) is -1.66. The third-order valence-corrected chi connectivity index (χ3v) is 6.40. The topological polar surface area (TPSA) is 132 Å². The number of rotatable bonds is 6. The number of aromatic nitrogens is 2. The van der Waals surface area contributed by atoms with Crippen LogP contribution >= 0.6 is 0 Å². The minimum Gasteiger partial charge on any atom is -0.479 e. The minimum absolute atomic E-state index is 0.0945. The highest BCUT2D eigenvalue weighted by atomic mass is 16.5. The van der Waals surface area contributed by atoms with E-state index >= 15 is 0 Å². The Balaban J connectivity index is 1.27. The van der Waals surface area contributed by atoms with Crippen molar-refractivity contribution < 1.29 is 29.0 Å². The number of hydrogen-bond donors (Lipinski definition) is 3. The number of anilines is 1. The maximum absolute atomic E-state index is 12.8. The molecular weight excluding hydrogens is 452 g/mol. The first-order valence-electron chi connectivity index (χ1n) is 11.2. The van der Waals surface area contributed by atoms with Gasteiger partial charge in [0.2, 0.25) is 0 Å².